The van der Waals surface area contributed by atoms with E-state index in [0.29, 0.717) is 0 Å². The Hall–Kier alpha value is -0.530. The minimum absolute atomic E-state index is 0.140. The largest absolute Gasteiger partial charge is 0.463 e. The monoisotopic (exact) mass is 270 g/mol. The SMILES string of the molecule is CCCCCCCCCCCCC(CC)OC(C)=O. The first-order valence-corrected chi connectivity index (χ1v) is 8.37. The second-order valence-electron chi connectivity index (χ2n) is 5.61. The fourth-order valence-corrected chi connectivity index (χ4v) is 2.44. The lowest BCUT2D eigenvalue weighted by Gasteiger charge is -2.14. The summed E-state index contributed by atoms with van der Waals surface area (Å²) >= 11 is 0. The van der Waals surface area contributed by atoms with Gasteiger partial charge in [-0.1, -0.05) is 71.6 Å². The molecule has 2 nitrogen and oxygen atoms in total. The number of carbonyl (C=O) groups is 1. The summed E-state index contributed by atoms with van der Waals surface area (Å²) in [5.41, 5.74) is 0. The maximum Gasteiger partial charge on any atom is 0.302 e. The van der Waals surface area contributed by atoms with Crippen molar-refractivity contribution in [1.29, 1.82) is 0 Å². The van der Waals surface area contributed by atoms with Gasteiger partial charge in [-0.25, -0.2) is 0 Å². The molecule has 0 bridgehead atoms. The van der Waals surface area contributed by atoms with Crippen LogP contribution in [0, 0.1) is 0 Å². The van der Waals surface area contributed by atoms with Gasteiger partial charge in [0.2, 0.25) is 0 Å². The van der Waals surface area contributed by atoms with Crippen molar-refractivity contribution in [1.82, 2.24) is 0 Å². The first-order chi connectivity index (χ1) is 9.20. The summed E-state index contributed by atoms with van der Waals surface area (Å²) in [5.74, 6) is -0.140. The van der Waals surface area contributed by atoms with Crippen LogP contribution in [0.1, 0.15) is 97.8 Å². The fraction of sp³-hybridized carbons (Fsp3) is 0.941. The van der Waals surface area contributed by atoms with Gasteiger partial charge in [0.1, 0.15) is 6.10 Å². The van der Waals surface area contributed by atoms with E-state index >= 15 is 0 Å². The van der Waals surface area contributed by atoms with E-state index in [9.17, 15) is 4.79 Å². The van der Waals surface area contributed by atoms with E-state index in [-0.39, 0.29) is 12.1 Å². The molecule has 114 valence electrons. The van der Waals surface area contributed by atoms with Gasteiger partial charge in [0.25, 0.3) is 0 Å². The average Bonchev–Trinajstić information content (AvgIpc) is 2.39. The highest BCUT2D eigenvalue weighted by Crippen LogP contribution is 2.14. The molecule has 0 radical (unpaired) electrons. The number of unbranched alkanes of at least 4 members (excludes halogenated alkanes) is 9. The zero-order chi connectivity index (χ0) is 14.3. The van der Waals surface area contributed by atoms with E-state index in [0.717, 1.165) is 12.8 Å². The van der Waals surface area contributed by atoms with Crippen LogP contribution in [-0.2, 0) is 9.53 Å². The Morgan fingerprint density at radius 3 is 1.74 bits per heavy atom. The van der Waals surface area contributed by atoms with Gasteiger partial charge in [0.15, 0.2) is 0 Å². The molecular formula is C17H34O2. The highest BCUT2D eigenvalue weighted by Gasteiger charge is 2.08. The van der Waals surface area contributed by atoms with E-state index in [1.807, 2.05) is 0 Å². The summed E-state index contributed by atoms with van der Waals surface area (Å²) in [6.07, 6.45) is 15.7. The van der Waals surface area contributed by atoms with Gasteiger partial charge in [-0.15, -0.1) is 0 Å². The lowest BCUT2D eigenvalue weighted by atomic mass is 10.0. The Morgan fingerprint density at radius 1 is 0.842 bits per heavy atom. The molecule has 0 aliphatic heterocycles. The van der Waals surface area contributed by atoms with Gasteiger partial charge in [0, 0.05) is 6.92 Å². The van der Waals surface area contributed by atoms with E-state index in [2.05, 4.69) is 13.8 Å². The molecule has 0 aromatic heterocycles. The van der Waals surface area contributed by atoms with Crippen LogP contribution in [0.15, 0.2) is 0 Å². The molecule has 0 aromatic rings. The number of hydrogen-bond acceptors (Lipinski definition) is 2. The van der Waals surface area contributed by atoms with Gasteiger partial charge >= 0.3 is 5.97 Å². The molecular weight excluding hydrogens is 236 g/mol. The molecule has 0 fully saturated rings. The molecule has 0 aliphatic rings. The summed E-state index contributed by atoms with van der Waals surface area (Å²) in [5, 5.41) is 0. The Bertz CT molecular complexity index is 201. The molecule has 2 heteroatoms. The van der Waals surface area contributed by atoms with Crippen LogP contribution in [0.4, 0.5) is 0 Å². The summed E-state index contributed by atoms with van der Waals surface area (Å²) in [7, 11) is 0. The Labute approximate surface area is 120 Å². The molecule has 0 rings (SSSR count). The highest BCUT2D eigenvalue weighted by molar-refractivity contribution is 5.66. The number of rotatable bonds is 13. The van der Waals surface area contributed by atoms with Crippen LogP contribution >= 0.6 is 0 Å². The minimum Gasteiger partial charge on any atom is -0.463 e. The number of ether oxygens (including phenoxy) is 1. The standard InChI is InChI=1S/C17H34O2/c1-4-6-7-8-9-10-11-12-13-14-15-17(5-2)19-16(3)18/h17H,4-15H2,1-3H3. The summed E-state index contributed by atoms with van der Waals surface area (Å²) in [4.78, 5) is 10.9. The third-order valence-corrected chi connectivity index (χ3v) is 3.67. The predicted molar refractivity (Wildman–Crippen MR) is 82.3 cm³/mol. The molecule has 0 aromatic carbocycles. The van der Waals surface area contributed by atoms with Crippen molar-refractivity contribution in [2.24, 2.45) is 0 Å². The molecule has 19 heavy (non-hydrogen) atoms. The van der Waals surface area contributed by atoms with Crippen molar-refractivity contribution >= 4 is 5.97 Å². The van der Waals surface area contributed by atoms with Crippen LogP contribution in [0.3, 0.4) is 0 Å². The minimum atomic E-state index is -0.140. The van der Waals surface area contributed by atoms with Crippen molar-refractivity contribution in [2.75, 3.05) is 0 Å². The van der Waals surface area contributed by atoms with Crippen LogP contribution in [0.25, 0.3) is 0 Å². The van der Waals surface area contributed by atoms with Crippen LogP contribution in [0.2, 0.25) is 0 Å². The number of esters is 1. The van der Waals surface area contributed by atoms with Crippen molar-refractivity contribution in [3.63, 3.8) is 0 Å². The maximum absolute atomic E-state index is 10.9. The zero-order valence-corrected chi connectivity index (χ0v) is 13.4. The van der Waals surface area contributed by atoms with Gasteiger partial charge in [-0.05, 0) is 19.3 Å². The fourth-order valence-electron chi connectivity index (χ4n) is 2.44. The van der Waals surface area contributed by atoms with Crippen molar-refractivity contribution in [3.05, 3.63) is 0 Å². The highest BCUT2D eigenvalue weighted by atomic mass is 16.5. The van der Waals surface area contributed by atoms with Crippen molar-refractivity contribution in [3.8, 4) is 0 Å². The normalized spacial score (nSPS) is 12.4. The molecule has 0 aliphatic carbocycles. The molecule has 0 heterocycles. The Kier molecular flexibility index (Phi) is 13.5. The van der Waals surface area contributed by atoms with Crippen LogP contribution < -0.4 is 0 Å². The number of carbonyl (C=O) groups excluding carboxylic acids is 1. The van der Waals surface area contributed by atoms with E-state index < -0.39 is 0 Å². The third kappa shape index (κ3) is 13.7. The average molecular weight is 270 g/mol. The Balaban J connectivity index is 3.23. The lowest BCUT2D eigenvalue weighted by Crippen LogP contribution is -2.14. The third-order valence-electron chi connectivity index (χ3n) is 3.67. The predicted octanol–water partition coefficient (Wildman–Crippen LogP) is 5.64. The topological polar surface area (TPSA) is 26.3 Å². The zero-order valence-electron chi connectivity index (χ0n) is 13.4. The van der Waals surface area contributed by atoms with E-state index in [1.165, 1.54) is 71.1 Å². The summed E-state index contributed by atoms with van der Waals surface area (Å²) in [6.45, 7) is 5.85. The summed E-state index contributed by atoms with van der Waals surface area (Å²) < 4.78 is 5.24. The lowest BCUT2D eigenvalue weighted by molar-refractivity contribution is -0.146. The second kappa shape index (κ2) is 13.9. The van der Waals surface area contributed by atoms with Gasteiger partial charge < -0.3 is 4.74 Å². The van der Waals surface area contributed by atoms with Gasteiger partial charge in [-0.3, -0.25) is 4.79 Å². The van der Waals surface area contributed by atoms with Crippen molar-refractivity contribution in [2.45, 2.75) is 104 Å². The van der Waals surface area contributed by atoms with E-state index in [1.54, 1.807) is 0 Å². The first-order valence-electron chi connectivity index (χ1n) is 8.37. The molecule has 0 spiro atoms. The quantitative estimate of drug-likeness (QED) is 0.320. The first kappa shape index (κ1) is 18.5. The van der Waals surface area contributed by atoms with E-state index in [4.69, 9.17) is 4.74 Å². The molecule has 0 N–H and O–H groups in total. The summed E-state index contributed by atoms with van der Waals surface area (Å²) in [6, 6.07) is 0. The molecule has 0 amide bonds. The number of hydrogen-bond donors (Lipinski definition) is 0. The molecule has 0 saturated heterocycles. The smallest absolute Gasteiger partial charge is 0.302 e. The second-order valence-corrected chi connectivity index (χ2v) is 5.61. The molecule has 1 unspecified atom stereocenters. The molecule has 1 atom stereocenters. The maximum atomic E-state index is 10.9. The van der Waals surface area contributed by atoms with Crippen LogP contribution in [-0.4, -0.2) is 12.1 Å². The van der Waals surface area contributed by atoms with Crippen molar-refractivity contribution < 1.29 is 9.53 Å². The van der Waals surface area contributed by atoms with Crippen LogP contribution in [0.5, 0.6) is 0 Å². The van der Waals surface area contributed by atoms with Gasteiger partial charge in [-0.2, -0.15) is 0 Å². The Morgan fingerprint density at radius 2 is 1.32 bits per heavy atom. The van der Waals surface area contributed by atoms with Gasteiger partial charge in [0.05, 0.1) is 0 Å². The molecule has 0 saturated carbocycles.